The summed E-state index contributed by atoms with van der Waals surface area (Å²) in [6, 6.07) is 2.54. The van der Waals surface area contributed by atoms with E-state index in [1.807, 2.05) is 0 Å². The number of amides is 1. The number of hydrogen-bond acceptors (Lipinski definition) is 3. The van der Waals surface area contributed by atoms with Gasteiger partial charge in [0.05, 0.1) is 5.56 Å². The van der Waals surface area contributed by atoms with Crippen molar-refractivity contribution in [1.29, 1.82) is 0 Å². The van der Waals surface area contributed by atoms with Crippen LogP contribution in [0.1, 0.15) is 28.8 Å². The van der Waals surface area contributed by atoms with Crippen LogP contribution in [0.3, 0.4) is 0 Å². The highest BCUT2D eigenvalue weighted by Crippen LogP contribution is 2.10. The number of halogens is 1. The first-order valence-corrected chi connectivity index (χ1v) is 5.83. The summed E-state index contributed by atoms with van der Waals surface area (Å²) in [6.45, 7) is 1.65. The Balaban J connectivity index is 2.80. The Kier molecular flexibility index (Phi) is 5.19. The molecule has 0 radical (unpaired) electrons. The summed E-state index contributed by atoms with van der Waals surface area (Å²) in [5.41, 5.74) is 0.344. The van der Waals surface area contributed by atoms with E-state index in [0.717, 1.165) is 6.07 Å². The third kappa shape index (κ3) is 4.34. The molecule has 6 nitrogen and oxygen atoms in total. The maximum atomic E-state index is 13.6. The van der Waals surface area contributed by atoms with Crippen LogP contribution in [0, 0.1) is 12.7 Å². The molecule has 0 spiro atoms. The van der Waals surface area contributed by atoms with Gasteiger partial charge in [0.2, 0.25) is 0 Å². The van der Waals surface area contributed by atoms with Gasteiger partial charge in [0.1, 0.15) is 11.9 Å². The minimum absolute atomic E-state index is 0.274. The highest BCUT2D eigenvalue weighted by Gasteiger charge is 2.22. The fourth-order valence-electron chi connectivity index (χ4n) is 1.57. The first-order valence-electron chi connectivity index (χ1n) is 5.83. The third-order valence-corrected chi connectivity index (χ3v) is 2.62. The van der Waals surface area contributed by atoms with Crippen LogP contribution in [-0.2, 0) is 9.59 Å². The van der Waals surface area contributed by atoms with E-state index in [1.165, 1.54) is 12.1 Å². The van der Waals surface area contributed by atoms with Crippen LogP contribution < -0.4 is 5.32 Å². The number of aliphatic carboxylic acids is 2. The molecule has 108 valence electrons. The van der Waals surface area contributed by atoms with E-state index in [9.17, 15) is 18.8 Å². The molecule has 1 aromatic rings. The summed E-state index contributed by atoms with van der Waals surface area (Å²) in [5.74, 6) is -4.19. The number of rotatable bonds is 6. The lowest BCUT2D eigenvalue weighted by Crippen LogP contribution is -2.41. The van der Waals surface area contributed by atoms with E-state index < -0.39 is 36.1 Å². The SMILES string of the molecule is Cc1ccc(C(=O)NC(CCC(=O)O)C(=O)O)c(F)c1. The summed E-state index contributed by atoms with van der Waals surface area (Å²) in [7, 11) is 0. The van der Waals surface area contributed by atoms with Gasteiger partial charge in [0, 0.05) is 6.42 Å². The molecule has 1 atom stereocenters. The van der Waals surface area contributed by atoms with Crippen LogP contribution in [0.2, 0.25) is 0 Å². The van der Waals surface area contributed by atoms with Crippen LogP contribution in [0.25, 0.3) is 0 Å². The van der Waals surface area contributed by atoms with Gasteiger partial charge in [-0.25, -0.2) is 9.18 Å². The van der Waals surface area contributed by atoms with Crippen molar-refractivity contribution in [3.8, 4) is 0 Å². The first kappa shape index (κ1) is 15.6. The molecule has 1 rings (SSSR count). The molecule has 0 bridgehead atoms. The quantitative estimate of drug-likeness (QED) is 0.727. The van der Waals surface area contributed by atoms with Crippen LogP contribution in [0.5, 0.6) is 0 Å². The zero-order valence-corrected chi connectivity index (χ0v) is 10.7. The predicted octanol–water partition coefficient (Wildman–Crippen LogP) is 1.18. The van der Waals surface area contributed by atoms with Crippen molar-refractivity contribution in [2.45, 2.75) is 25.8 Å². The van der Waals surface area contributed by atoms with Gasteiger partial charge in [0.15, 0.2) is 0 Å². The maximum Gasteiger partial charge on any atom is 0.326 e. The standard InChI is InChI=1S/C13H14FNO5/c1-7-2-3-8(9(14)6-7)12(18)15-10(13(19)20)4-5-11(16)17/h2-3,6,10H,4-5H2,1H3,(H,15,18)(H,16,17)(H,19,20). The van der Waals surface area contributed by atoms with Crippen LogP contribution in [0.4, 0.5) is 4.39 Å². The molecular weight excluding hydrogens is 269 g/mol. The molecule has 0 fully saturated rings. The summed E-state index contributed by atoms with van der Waals surface area (Å²) in [6.07, 6.45) is -0.683. The lowest BCUT2D eigenvalue weighted by atomic mass is 10.1. The van der Waals surface area contributed by atoms with Crippen molar-refractivity contribution in [3.05, 3.63) is 35.1 Å². The zero-order valence-electron chi connectivity index (χ0n) is 10.7. The number of carbonyl (C=O) groups is 3. The fourth-order valence-corrected chi connectivity index (χ4v) is 1.57. The van der Waals surface area contributed by atoms with Crippen molar-refractivity contribution in [3.63, 3.8) is 0 Å². The molecule has 1 aromatic carbocycles. The lowest BCUT2D eigenvalue weighted by Gasteiger charge is -2.14. The van der Waals surface area contributed by atoms with E-state index in [-0.39, 0.29) is 12.0 Å². The van der Waals surface area contributed by atoms with Gasteiger partial charge < -0.3 is 15.5 Å². The third-order valence-electron chi connectivity index (χ3n) is 2.62. The zero-order chi connectivity index (χ0) is 15.3. The van der Waals surface area contributed by atoms with Gasteiger partial charge in [-0.3, -0.25) is 9.59 Å². The van der Waals surface area contributed by atoms with Crippen molar-refractivity contribution in [2.24, 2.45) is 0 Å². The minimum atomic E-state index is -1.38. The largest absolute Gasteiger partial charge is 0.481 e. The maximum absolute atomic E-state index is 13.6. The molecule has 1 unspecified atom stereocenters. The summed E-state index contributed by atoms with van der Waals surface area (Å²) >= 11 is 0. The van der Waals surface area contributed by atoms with Crippen molar-refractivity contribution >= 4 is 17.8 Å². The smallest absolute Gasteiger partial charge is 0.326 e. The van der Waals surface area contributed by atoms with Crippen molar-refractivity contribution in [2.75, 3.05) is 0 Å². The molecule has 0 aliphatic carbocycles. The molecule has 0 aromatic heterocycles. The lowest BCUT2D eigenvalue weighted by molar-refractivity contribution is -0.140. The number of aryl methyl sites for hydroxylation is 1. The molecule has 7 heteroatoms. The molecule has 0 saturated heterocycles. The molecular formula is C13H14FNO5. The van der Waals surface area contributed by atoms with Gasteiger partial charge in [-0.15, -0.1) is 0 Å². The highest BCUT2D eigenvalue weighted by atomic mass is 19.1. The number of benzene rings is 1. The second kappa shape index (κ2) is 6.65. The first-order chi connectivity index (χ1) is 9.31. The number of carboxylic acid groups (broad SMARTS) is 2. The van der Waals surface area contributed by atoms with E-state index in [4.69, 9.17) is 10.2 Å². The van der Waals surface area contributed by atoms with Gasteiger partial charge in [0.25, 0.3) is 5.91 Å². The predicted molar refractivity (Wildman–Crippen MR) is 66.9 cm³/mol. The molecule has 0 aliphatic rings. The van der Waals surface area contributed by atoms with E-state index in [0.29, 0.717) is 5.56 Å². The average molecular weight is 283 g/mol. The van der Waals surface area contributed by atoms with Gasteiger partial charge in [-0.2, -0.15) is 0 Å². The molecule has 20 heavy (non-hydrogen) atoms. The number of nitrogens with one attached hydrogen (secondary N) is 1. The molecule has 0 heterocycles. The second-order valence-electron chi connectivity index (χ2n) is 4.28. The normalized spacial score (nSPS) is 11.7. The fraction of sp³-hybridized carbons (Fsp3) is 0.308. The van der Waals surface area contributed by atoms with E-state index >= 15 is 0 Å². The number of carbonyl (C=O) groups excluding carboxylic acids is 1. The van der Waals surface area contributed by atoms with Crippen LogP contribution >= 0.6 is 0 Å². The van der Waals surface area contributed by atoms with Gasteiger partial charge >= 0.3 is 11.9 Å². The van der Waals surface area contributed by atoms with Crippen molar-refractivity contribution in [1.82, 2.24) is 5.32 Å². The van der Waals surface area contributed by atoms with Gasteiger partial charge in [-0.05, 0) is 31.0 Å². The Morgan fingerprint density at radius 3 is 2.45 bits per heavy atom. The monoisotopic (exact) mass is 283 g/mol. The minimum Gasteiger partial charge on any atom is -0.481 e. The molecule has 1 amide bonds. The molecule has 0 aliphatic heterocycles. The number of hydrogen-bond donors (Lipinski definition) is 3. The summed E-state index contributed by atoms with van der Waals surface area (Å²) < 4.78 is 13.6. The average Bonchev–Trinajstić information content (AvgIpc) is 2.33. The Morgan fingerprint density at radius 1 is 1.30 bits per heavy atom. The highest BCUT2D eigenvalue weighted by molar-refractivity contribution is 5.96. The Bertz CT molecular complexity index is 544. The topological polar surface area (TPSA) is 104 Å². The summed E-state index contributed by atoms with van der Waals surface area (Å²) in [5, 5.41) is 19.5. The van der Waals surface area contributed by atoms with Crippen LogP contribution in [-0.4, -0.2) is 34.1 Å². The molecule has 0 saturated carbocycles. The Hall–Kier alpha value is -2.44. The van der Waals surface area contributed by atoms with E-state index in [2.05, 4.69) is 5.32 Å². The van der Waals surface area contributed by atoms with Gasteiger partial charge in [-0.1, -0.05) is 6.07 Å². The van der Waals surface area contributed by atoms with Crippen LogP contribution in [0.15, 0.2) is 18.2 Å². The Morgan fingerprint density at radius 2 is 1.95 bits per heavy atom. The summed E-state index contributed by atoms with van der Waals surface area (Å²) in [4.78, 5) is 33.1. The number of carboxylic acids is 2. The second-order valence-corrected chi connectivity index (χ2v) is 4.28. The molecule has 3 N–H and O–H groups in total. The van der Waals surface area contributed by atoms with E-state index in [1.54, 1.807) is 6.92 Å². The Labute approximate surface area is 114 Å². The van der Waals surface area contributed by atoms with Crippen molar-refractivity contribution < 1.29 is 29.0 Å².